The van der Waals surface area contributed by atoms with Crippen molar-refractivity contribution in [3.63, 3.8) is 0 Å². The van der Waals surface area contributed by atoms with Crippen LogP contribution in [0.25, 0.3) is 0 Å². The predicted molar refractivity (Wildman–Crippen MR) is 59.4 cm³/mol. The smallest absolute Gasteiger partial charge is 0.121 e. The zero-order valence-corrected chi connectivity index (χ0v) is 9.12. The molecule has 1 aromatic rings. The summed E-state index contributed by atoms with van der Waals surface area (Å²) in [7, 11) is 0. The standard InChI is InChI=1S/C12H16N2O/c1-9-3-4-11(7-10(9)2)12(8-13)14-5-6-15/h3-4,7,12,14-15H,5-6H2,1-2H3. The molecular weight excluding hydrogens is 188 g/mol. The lowest BCUT2D eigenvalue weighted by molar-refractivity contribution is 0.289. The summed E-state index contributed by atoms with van der Waals surface area (Å²) in [4.78, 5) is 0. The number of nitriles is 1. The van der Waals surface area contributed by atoms with E-state index in [1.807, 2.05) is 32.0 Å². The molecule has 0 saturated carbocycles. The first kappa shape index (κ1) is 11.7. The minimum absolute atomic E-state index is 0.0447. The summed E-state index contributed by atoms with van der Waals surface area (Å²) in [6.07, 6.45) is 0. The van der Waals surface area contributed by atoms with Crippen LogP contribution in [0.5, 0.6) is 0 Å². The lowest BCUT2D eigenvalue weighted by atomic mass is 10.0. The summed E-state index contributed by atoms with van der Waals surface area (Å²) < 4.78 is 0. The predicted octanol–water partition coefficient (Wildman–Crippen LogP) is 1.45. The van der Waals surface area contributed by atoms with E-state index >= 15 is 0 Å². The number of hydrogen-bond acceptors (Lipinski definition) is 3. The van der Waals surface area contributed by atoms with Crippen molar-refractivity contribution in [2.24, 2.45) is 0 Å². The summed E-state index contributed by atoms with van der Waals surface area (Å²) in [5.41, 5.74) is 3.35. The molecule has 0 aliphatic rings. The Balaban J connectivity index is 2.84. The van der Waals surface area contributed by atoms with Gasteiger partial charge in [-0.15, -0.1) is 0 Å². The molecule has 15 heavy (non-hydrogen) atoms. The molecule has 1 rings (SSSR count). The fraction of sp³-hybridized carbons (Fsp3) is 0.417. The highest BCUT2D eigenvalue weighted by atomic mass is 16.3. The highest BCUT2D eigenvalue weighted by Gasteiger charge is 2.09. The molecule has 0 aliphatic carbocycles. The lowest BCUT2D eigenvalue weighted by Crippen LogP contribution is -2.23. The Morgan fingerprint density at radius 2 is 2.13 bits per heavy atom. The molecule has 1 atom stereocenters. The fourth-order valence-electron chi connectivity index (χ4n) is 1.39. The first-order chi connectivity index (χ1) is 7.19. The van der Waals surface area contributed by atoms with E-state index in [0.29, 0.717) is 6.54 Å². The van der Waals surface area contributed by atoms with Crippen LogP contribution in [-0.4, -0.2) is 18.3 Å². The van der Waals surface area contributed by atoms with E-state index in [1.165, 1.54) is 11.1 Å². The van der Waals surface area contributed by atoms with Gasteiger partial charge in [0, 0.05) is 6.54 Å². The molecule has 0 aliphatic heterocycles. The van der Waals surface area contributed by atoms with Crippen molar-refractivity contribution in [3.05, 3.63) is 34.9 Å². The molecule has 1 aromatic carbocycles. The first-order valence-electron chi connectivity index (χ1n) is 5.00. The minimum Gasteiger partial charge on any atom is -0.395 e. The van der Waals surface area contributed by atoms with Gasteiger partial charge in [0.1, 0.15) is 6.04 Å². The second kappa shape index (κ2) is 5.50. The van der Waals surface area contributed by atoms with E-state index in [0.717, 1.165) is 5.56 Å². The SMILES string of the molecule is Cc1ccc(C(C#N)NCCO)cc1C. The number of hydrogen-bond donors (Lipinski definition) is 2. The Kier molecular flexibility index (Phi) is 4.29. The van der Waals surface area contributed by atoms with Gasteiger partial charge in [0.15, 0.2) is 0 Å². The summed E-state index contributed by atoms with van der Waals surface area (Å²) in [5.74, 6) is 0. The molecule has 3 heteroatoms. The molecule has 0 fully saturated rings. The molecule has 3 nitrogen and oxygen atoms in total. The van der Waals surface area contributed by atoms with Crippen molar-refractivity contribution >= 4 is 0 Å². The van der Waals surface area contributed by atoms with Crippen LogP contribution in [0, 0.1) is 25.2 Å². The summed E-state index contributed by atoms with van der Waals surface area (Å²) in [6, 6.07) is 7.80. The lowest BCUT2D eigenvalue weighted by Gasteiger charge is -2.12. The van der Waals surface area contributed by atoms with Gasteiger partial charge in [-0.2, -0.15) is 5.26 Å². The Morgan fingerprint density at radius 3 is 2.67 bits per heavy atom. The largest absolute Gasteiger partial charge is 0.395 e. The van der Waals surface area contributed by atoms with Crippen molar-refractivity contribution < 1.29 is 5.11 Å². The van der Waals surface area contributed by atoms with E-state index in [4.69, 9.17) is 10.4 Å². The normalized spacial score (nSPS) is 12.1. The Labute approximate surface area is 90.4 Å². The molecule has 0 spiro atoms. The average Bonchev–Trinajstić information content (AvgIpc) is 2.24. The first-order valence-corrected chi connectivity index (χ1v) is 5.00. The summed E-state index contributed by atoms with van der Waals surface area (Å²) >= 11 is 0. The maximum atomic E-state index is 8.97. The maximum Gasteiger partial charge on any atom is 0.121 e. The van der Waals surface area contributed by atoms with Gasteiger partial charge >= 0.3 is 0 Å². The minimum atomic E-state index is -0.337. The summed E-state index contributed by atoms with van der Waals surface area (Å²) in [5, 5.41) is 20.6. The molecule has 0 aromatic heterocycles. The molecular formula is C12H16N2O. The number of aliphatic hydroxyl groups excluding tert-OH is 1. The van der Waals surface area contributed by atoms with Crippen LogP contribution >= 0.6 is 0 Å². The van der Waals surface area contributed by atoms with Crippen LogP contribution < -0.4 is 5.32 Å². The highest BCUT2D eigenvalue weighted by Crippen LogP contribution is 2.16. The Morgan fingerprint density at radius 1 is 1.40 bits per heavy atom. The van der Waals surface area contributed by atoms with Gasteiger partial charge < -0.3 is 5.11 Å². The van der Waals surface area contributed by atoms with Gasteiger partial charge in [0.2, 0.25) is 0 Å². The number of nitrogens with one attached hydrogen (secondary N) is 1. The number of nitrogens with zero attached hydrogens (tertiary/aromatic N) is 1. The third kappa shape index (κ3) is 3.05. The second-order valence-electron chi connectivity index (χ2n) is 3.58. The van der Waals surface area contributed by atoms with Gasteiger partial charge in [-0.1, -0.05) is 18.2 Å². The highest BCUT2D eigenvalue weighted by molar-refractivity contribution is 5.33. The van der Waals surface area contributed by atoms with Crippen LogP contribution in [-0.2, 0) is 0 Å². The van der Waals surface area contributed by atoms with Crippen LogP contribution in [0.1, 0.15) is 22.7 Å². The third-order valence-electron chi connectivity index (χ3n) is 2.45. The molecule has 80 valence electrons. The van der Waals surface area contributed by atoms with Crippen molar-refractivity contribution in [1.82, 2.24) is 5.32 Å². The van der Waals surface area contributed by atoms with Crippen molar-refractivity contribution in [2.45, 2.75) is 19.9 Å². The van der Waals surface area contributed by atoms with E-state index < -0.39 is 0 Å². The maximum absolute atomic E-state index is 8.97. The number of aliphatic hydroxyl groups is 1. The van der Waals surface area contributed by atoms with Gasteiger partial charge in [-0.3, -0.25) is 5.32 Å². The van der Waals surface area contributed by atoms with Crippen molar-refractivity contribution in [2.75, 3.05) is 13.2 Å². The zero-order valence-electron chi connectivity index (χ0n) is 9.12. The molecule has 0 saturated heterocycles. The van der Waals surface area contributed by atoms with Crippen LogP contribution in [0.2, 0.25) is 0 Å². The topological polar surface area (TPSA) is 56.0 Å². The molecule has 1 unspecified atom stereocenters. The van der Waals surface area contributed by atoms with Crippen LogP contribution in [0.3, 0.4) is 0 Å². The molecule has 0 amide bonds. The fourth-order valence-corrected chi connectivity index (χ4v) is 1.39. The zero-order chi connectivity index (χ0) is 11.3. The quantitative estimate of drug-likeness (QED) is 0.780. The van der Waals surface area contributed by atoms with E-state index in [2.05, 4.69) is 11.4 Å². The van der Waals surface area contributed by atoms with Gasteiger partial charge in [-0.05, 0) is 30.5 Å². The van der Waals surface area contributed by atoms with E-state index in [-0.39, 0.29) is 12.6 Å². The number of benzene rings is 1. The van der Waals surface area contributed by atoms with Crippen LogP contribution in [0.15, 0.2) is 18.2 Å². The average molecular weight is 204 g/mol. The third-order valence-corrected chi connectivity index (χ3v) is 2.45. The van der Waals surface area contributed by atoms with Gasteiger partial charge in [-0.25, -0.2) is 0 Å². The van der Waals surface area contributed by atoms with E-state index in [9.17, 15) is 0 Å². The van der Waals surface area contributed by atoms with Gasteiger partial charge in [0.05, 0.1) is 12.7 Å². The number of rotatable bonds is 4. The van der Waals surface area contributed by atoms with Crippen molar-refractivity contribution in [3.8, 4) is 6.07 Å². The van der Waals surface area contributed by atoms with Crippen LogP contribution in [0.4, 0.5) is 0 Å². The van der Waals surface area contributed by atoms with Gasteiger partial charge in [0.25, 0.3) is 0 Å². The second-order valence-corrected chi connectivity index (χ2v) is 3.58. The number of aryl methyl sites for hydroxylation is 2. The monoisotopic (exact) mass is 204 g/mol. The molecule has 0 radical (unpaired) electrons. The summed E-state index contributed by atoms with van der Waals surface area (Å²) in [6.45, 7) is 4.55. The van der Waals surface area contributed by atoms with Crippen molar-refractivity contribution in [1.29, 1.82) is 5.26 Å². The van der Waals surface area contributed by atoms with E-state index in [1.54, 1.807) is 0 Å². The molecule has 0 bridgehead atoms. The molecule has 0 heterocycles. The Hall–Kier alpha value is -1.37. The molecule has 2 N–H and O–H groups in total. The Bertz CT molecular complexity index is 368.